The Balaban J connectivity index is 2.15. The molecule has 2 heterocycles. The molecule has 0 fully saturated rings. The van der Waals surface area contributed by atoms with E-state index in [1.54, 1.807) is 24.5 Å². The maximum absolute atomic E-state index is 12.8. The number of hydrogen-bond acceptors (Lipinski definition) is 3. The molecule has 0 atom stereocenters. The minimum absolute atomic E-state index is 0.226. The molecule has 0 radical (unpaired) electrons. The van der Waals surface area contributed by atoms with Gasteiger partial charge in [0.15, 0.2) is 0 Å². The average Bonchev–Trinajstić information content (AvgIpc) is 2.30. The molecule has 2 aromatic rings. The number of nitrogens with zero attached hydrogens (tertiary/aromatic N) is 2. The Morgan fingerprint density at radius 3 is 2.62 bits per heavy atom. The van der Waals surface area contributed by atoms with Crippen molar-refractivity contribution in [2.45, 2.75) is 0 Å². The highest BCUT2D eigenvalue weighted by molar-refractivity contribution is 6.04. The van der Waals surface area contributed by atoms with E-state index in [9.17, 15) is 9.18 Å². The molecule has 80 valence electrons. The summed E-state index contributed by atoms with van der Waals surface area (Å²) in [6.45, 7) is 0. The SMILES string of the molecule is O=C(Nc1ccncc1)c1ccnc(F)c1. The van der Waals surface area contributed by atoms with Crippen molar-refractivity contribution >= 4 is 11.6 Å². The van der Waals surface area contributed by atoms with Gasteiger partial charge in [-0.3, -0.25) is 9.78 Å². The van der Waals surface area contributed by atoms with E-state index in [4.69, 9.17) is 0 Å². The normalized spacial score (nSPS) is 9.81. The van der Waals surface area contributed by atoms with Crippen LogP contribution in [0.1, 0.15) is 10.4 Å². The van der Waals surface area contributed by atoms with Gasteiger partial charge in [0, 0.05) is 35.9 Å². The number of halogens is 1. The van der Waals surface area contributed by atoms with Gasteiger partial charge in [-0.2, -0.15) is 4.39 Å². The molecular weight excluding hydrogens is 209 g/mol. The highest BCUT2D eigenvalue weighted by atomic mass is 19.1. The third-order valence-corrected chi connectivity index (χ3v) is 1.93. The van der Waals surface area contributed by atoms with Crippen molar-refractivity contribution in [1.29, 1.82) is 0 Å². The summed E-state index contributed by atoms with van der Waals surface area (Å²) in [7, 11) is 0. The fraction of sp³-hybridized carbons (Fsp3) is 0. The number of pyridine rings is 2. The van der Waals surface area contributed by atoms with Crippen molar-refractivity contribution < 1.29 is 9.18 Å². The molecule has 5 heteroatoms. The summed E-state index contributed by atoms with van der Waals surface area (Å²) >= 11 is 0. The largest absolute Gasteiger partial charge is 0.322 e. The number of rotatable bonds is 2. The van der Waals surface area contributed by atoms with Crippen molar-refractivity contribution in [3.8, 4) is 0 Å². The van der Waals surface area contributed by atoms with Gasteiger partial charge in [0.1, 0.15) is 0 Å². The molecule has 1 N–H and O–H groups in total. The van der Waals surface area contributed by atoms with Gasteiger partial charge in [-0.25, -0.2) is 4.98 Å². The second-order valence-corrected chi connectivity index (χ2v) is 3.06. The summed E-state index contributed by atoms with van der Waals surface area (Å²) in [4.78, 5) is 18.8. The van der Waals surface area contributed by atoms with Gasteiger partial charge in [-0.15, -0.1) is 0 Å². The molecule has 0 spiro atoms. The zero-order valence-corrected chi connectivity index (χ0v) is 8.22. The van der Waals surface area contributed by atoms with Gasteiger partial charge >= 0.3 is 0 Å². The summed E-state index contributed by atoms with van der Waals surface area (Å²) in [5.41, 5.74) is 0.835. The topological polar surface area (TPSA) is 54.9 Å². The van der Waals surface area contributed by atoms with Gasteiger partial charge in [-0.05, 0) is 18.2 Å². The van der Waals surface area contributed by atoms with E-state index < -0.39 is 5.95 Å². The molecule has 0 aliphatic heterocycles. The van der Waals surface area contributed by atoms with Crippen molar-refractivity contribution in [3.63, 3.8) is 0 Å². The lowest BCUT2D eigenvalue weighted by Crippen LogP contribution is -2.12. The molecule has 0 bridgehead atoms. The van der Waals surface area contributed by atoms with Crippen LogP contribution in [0.15, 0.2) is 42.9 Å². The molecule has 0 saturated carbocycles. The van der Waals surface area contributed by atoms with E-state index in [0.29, 0.717) is 5.69 Å². The fourth-order valence-electron chi connectivity index (χ4n) is 1.18. The second-order valence-electron chi connectivity index (χ2n) is 3.06. The first-order valence-electron chi connectivity index (χ1n) is 4.58. The van der Waals surface area contributed by atoms with Crippen LogP contribution in [0.3, 0.4) is 0 Å². The van der Waals surface area contributed by atoms with Gasteiger partial charge < -0.3 is 5.32 Å². The zero-order chi connectivity index (χ0) is 11.4. The summed E-state index contributed by atoms with van der Waals surface area (Å²) in [5.74, 6) is -1.06. The lowest BCUT2D eigenvalue weighted by Gasteiger charge is -2.03. The zero-order valence-electron chi connectivity index (χ0n) is 8.22. The quantitative estimate of drug-likeness (QED) is 0.781. The molecule has 0 aromatic carbocycles. The monoisotopic (exact) mass is 217 g/mol. The van der Waals surface area contributed by atoms with E-state index in [0.717, 1.165) is 6.07 Å². The molecule has 0 aliphatic rings. The van der Waals surface area contributed by atoms with E-state index >= 15 is 0 Å². The highest BCUT2D eigenvalue weighted by Gasteiger charge is 2.06. The van der Waals surface area contributed by atoms with Crippen LogP contribution in [0.2, 0.25) is 0 Å². The van der Waals surface area contributed by atoms with Crippen molar-refractivity contribution in [2.24, 2.45) is 0 Å². The Labute approximate surface area is 91.2 Å². The minimum atomic E-state index is -0.678. The predicted octanol–water partition coefficient (Wildman–Crippen LogP) is 1.87. The van der Waals surface area contributed by atoms with E-state index in [2.05, 4.69) is 15.3 Å². The van der Waals surface area contributed by atoms with Crippen LogP contribution in [0, 0.1) is 5.95 Å². The van der Waals surface area contributed by atoms with Crippen LogP contribution in [0.4, 0.5) is 10.1 Å². The minimum Gasteiger partial charge on any atom is -0.322 e. The average molecular weight is 217 g/mol. The van der Waals surface area contributed by atoms with Gasteiger partial charge in [0.05, 0.1) is 0 Å². The summed E-state index contributed by atoms with van der Waals surface area (Å²) in [6.07, 6.45) is 4.36. The van der Waals surface area contributed by atoms with Crippen LogP contribution in [0.5, 0.6) is 0 Å². The molecule has 16 heavy (non-hydrogen) atoms. The lowest BCUT2D eigenvalue weighted by molar-refractivity contribution is 0.102. The van der Waals surface area contributed by atoms with E-state index in [1.807, 2.05) is 0 Å². The van der Waals surface area contributed by atoms with E-state index in [-0.39, 0.29) is 11.5 Å². The summed E-state index contributed by atoms with van der Waals surface area (Å²) in [5, 5.41) is 2.61. The lowest BCUT2D eigenvalue weighted by atomic mass is 10.2. The number of carbonyl (C=O) groups is 1. The molecule has 0 unspecified atom stereocenters. The van der Waals surface area contributed by atoms with Crippen LogP contribution < -0.4 is 5.32 Å². The number of nitrogens with one attached hydrogen (secondary N) is 1. The number of anilines is 1. The third-order valence-electron chi connectivity index (χ3n) is 1.93. The summed E-state index contributed by atoms with van der Waals surface area (Å²) in [6, 6.07) is 5.82. The predicted molar refractivity (Wildman–Crippen MR) is 56.4 cm³/mol. The molecule has 0 aliphatic carbocycles. The van der Waals surface area contributed by atoms with Crippen molar-refractivity contribution in [2.75, 3.05) is 5.32 Å². The van der Waals surface area contributed by atoms with Crippen molar-refractivity contribution in [3.05, 3.63) is 54.4 Å². The number of carbonyl (C=O) groups excluding carboxylic acids is 1. The Morgan fingerprint density at radius 1 is 1.19 bits per heavy atom. The van der Waals surface area contributed by atoms with E-state index in [1.165, 1.54) is 12.3 Å². The Morgan fingerprint density at radius 2 is 1.94 bits per heavy atom. The molecule has 2 rings (SSSR count). The van der Waals surface area contributed by atoms with Crippen LogP contribution in [-0.2, 0) is 0 Å². The molecule has 4 nitrogen and oxygen atoms in total. The maximum Gasteiger partial charge on any atom is 0.255 e. The number of hydrogen-bond donors (Lipinski definition) is 1. The van der Waals surface area contributed by atoms with Crippen LogP contribution >= 0.6 is 0 Å². The van der Waals surface area contributed by atoms with Gasteiger partial charge in [-0.1, -0.05) is 0 Å². The molecular formula is C11H8FN3O. The Hall–Kier alpha value is -2.30. The van der Waals surface area contributed by atoms with Gasteiger partial charge in [0.2, 0.25) is 5.95 Å². The maximum atomic E-state index is 12.8. The number of amides is 1. The first-order chi connectivity index (χ1) is 7.75. The molecule has 2 aromatic heterocycles. The first-order valence-corrected chi connectivity index (χ1v) is 4.58. The third kappa shape index (κ3) is 2.38. The van der Waals surface area contributed by atoms with Crippen molar-refractivity contribution in [1.82, 2.24) is 9.97 Å². The Kier molecular flexibility index (Phi) is 2.86. The Bertz CT molecular complexity index is 502. The molecule has 1 amide bonds. The van der Waals surface area contributed by atoms with Crippen LogP contribution in [-0.4, -0.2) is 15.9 Å². The first kappa shape index (κ1) is 10.2. The number of aromatic nitrogens is 2. The van der Waals surface area contributed by atoms with Crippen LogP contribution in [0.25, 0.3) is 0 Å². The fourth-order valence-corrected chi connectivity index (χ4v) is 1.18. The molecule has 0 saturated heterocycles. The smallest absolute Gasteiger partial charge is 0.255 e. The standard InChI is InChI=1S/C11H8FN3O/c12-10-7-8(1-6-14-10)11(16)15-9-2-4-13-5-3-9/h1-7H,(H,13,15,16). The second kappa shape index (κ2) is 4.48. The van der Waals surface area contributed by atoms with Gasteiger partial charge in [0.25, 0.3) is 5.91 Å². The summed E-state index contributed by atoms with van der Waals surface area (Å²) < 4.78 is 12.8. The highest BCUT2D eigenvalue weighted by Crippen LogP contribution is 2.07.